The van der Waals surface area contributed by atoms with Gasteiger partial charge in [-0.05, 0) is 61.4 Å². The van der Waals surface area contributed by atoms with Crippen LogP contribution in [0.2, 0.25) is 0 Å². The standard InChI is InChI=1S/C21H24FNO3S/c1-16-13-19(22)14-18-10-5-11-23(21(16)18)20(24)15-27(25,26)12-6-9-17-7-3-2-4-8-17/h2-4,7-8,13-14H,5-6,9-12,15H2,1H3. The third kappa shape index (κ3) is 4.95. The van der Waals surface area contributed by atoms with Crippen molar-refractivity contribution in [1.29, 1.82) is 0 Å². The Morgan fingerprint density at radius 3 is 2.67 bits per heavy atom. The van der Waals surface area contributed by atoms with Gasteiger partial charge in [-0.15, -0.1) is 0 Å². The van der Waals surface area contributed by atoms with Crippen LogP contribution in [0.25, 0.3) is 0 Å². The molecule has 2 aromatic carbocycles. The SMILES string of the molecule is Cc1cc(F)cc2c1N(C(=O)CS(=O)(=O)CCCc1ccccc1)CCC2. The number of sulfone groups is 1. The first-order valence-electron chi connectivity index (χ1n) is 9.19. The molecule has 0 saturated heterocycles. The summed E-state index contributed by atoms with van der Waals surface area (Å²) in [6.07, 6.45) is 2.55. The van der Waals surface area contributed by atoms with Gasteiger partial charge in [0.15, 0.2) is 9.84 Å². The number of anilines is 1. The first-order chi connectivity index (χ1) is 12.9. The molecule has 3 rings (SSSR count). The van der Waals surface area contributed by atoms with Gasteiger partial charge >= 0.3 is 0 Å². The van der Waals surface area contributed by atoms with Crippen LogP contribution in [0, 0.1) is 12.7 Å². The van der Waals surface area contributed by atoms with Crippen molar-refractivity contribution in [3.8, 4) is 0 Å². The van der Waals surface area contributed by atoms with E-state index in [0.717, 1.165) is 11.1 Å². The fourth-order valence-electron chi connectivity index (χ4n) is 3.65. The zero-order valence-electron chi connectivity index (χ0n) is 15.4. The molecule has 0 N–H and O–H groups in total. The number of carbonyl (C=O) groups excluding carboxylic acids is 1. The van der Waals surface area contributed by atoms with Gasteiger partial charge in [0, 0.05) is 12.2 Å². The Kier molecular flexibility index (Phi) is 5.95. The predicted molar refractivity (Wildman–Crippen MR) is 105 cm³/mol. The Labute approximate surface area is 159 Å². The second-order valence-corrected chi connectivity index (χ2v) is 9.24. The lowest BCUT2D eigenvalue weighted by molar-refractivity contribution is -0.116. The molecule has 0 fully saturated rings. The van der Waals surface area contributed by atoms with Crippen molar-refractivity contribution in [3.05, 3.63) is 65.0 Å². The van der Waals surface area contributed by atoms with Gasteiger partial charge in [-0.25, -0.2) is 12.8 Å². The fraction of sp³-hybridized carbons (Fsp3) is 0.381. The molecule has 0 aromatic heterocycles. The van der Waals surface area contributed by atoms with E-state index in [0.29, 0.717) is 43.5 Å². The van der Waals surface area contributed by atoms with Crippen LogP contribution in [-0.2, 0) is 27.5 Å². The van der Waals surface area contributed by atoms with Crippen molar-refractivity contribution in [3.63, 3.8) is 0 Å². The van der Waals surface area contributed by atoms with E-state index in [1.807, 2.05) is 30.3 Å². The lowest BCUT2D eigenvalue weighted by atomic mass is 9.98. The summed E-state index contributed by atoms with van der Waals surface area (Å²) in [6.45, 7) is 2.22. The molecule has 1 aliphatic rings. The molecule has 0 bridgehead atoms. The highest BCUT2D eigenvalue weighted by atomic mass is 32.2. The van der Waals surface area contributed by atoms with E-state index in [1.165, 1.54) is 17.0 Å². The van der Waals surface area contributed by atoms with Gasteiger partial charge in [0.05, 0.1) is 5.75 Å². The zero-order valence-corrected chi connectivity index (χ0v) is 16.3. The average Bonchev–Trinajstić information content (AvgIpc) is 2.61. The smallest absolute Gasteiger partial charge is 0.242 e. The number of hydrogen-bond donors (Lipinski definition) is 0. The summed E-state index contributed by atoms with van der Waals surface area (Å²) in [5.41, 5.74) is 3.20. The maximum Gasteiger partial charge on any atom is 0.242 e. The normalized spacial score (nSPS) is 14.1. The van der Waals surface area contributed by atoms with E-state index >= 15 is 0 Å². The number of carbonyl (C=O) groups is 1. The molecule has 0 unspecified atom stereocenters. The molecule has 1 heterocycles. The Morgan fingerprint density at radius 1 is 1.19 bits per heavy atom. The van der Waals surface area contributed by atoms with Crippen molar-refractivity contribution in [1.82, 2.24) is 0 Å². The van der Waals surface area contributed by atoms with Crippen molar-refractivity contribution in [2.45, 2.75) is 32.6 Å². The third-order valence-corrected chi connectivity index (χ3v) is 6.45. The topological polar surface area (TPSA) is 54.5 Å². The van der Waals surface area contributed by atoms with E-state index in [4.69, 9.17) is 0 Å². The Bertz CT molecular complexity index is 926. The molecule has 1 aliphatic heterocycles. The summed E-state index contributed by atoms with van der Waals surface area (Å²) in [5, 5.41) is 0. The summed E-state index contributed by atoms with van der Waals surface area (Å²) in [7, 11) is -3.49. The van der Waals surface area contributed by atoms with E-state index in [-0.39, 0.29) is 11.6 Å². The average molecular weight is 389 g/mol. The summed E-state index contributed by atoms with van der Waals surface area (Å²) < 4.78 is 38.5. The van der Waals surface area contributed by atoms with Crippen LogP contribution in [0.4, 0.5) is 10.1 Å². The van der Waals surface area contributed by atoms with Crippen molar-refractivity contribution < 1.29 is 17.6 Å². The van der Waals surface area contributed by atoms with Crippen molar-refractivity contribution >= 4 is 21.4 Å². The van der Waals surface area contributed by atoms with Crippen LogP contribution in [0.3, 0.4) is 0 Å². The summed E-state index contributed by atoms with van der Waals surface area (Å²) in [4.78, 5) is 14.2. The molecule has 27 heavy (non-hydrogen) atoms. The van der Waals surface area contributed by atoms with Gasteiger partial charge in [0.2, 0.25) is 5.91 Å². The quantitative estimate of drug-likeness (QED) is 0.760. The predicted octanol–water partition coefficient (Wildman–Crippen LogP) is 3.46. The molecule has 0 aliphatic carbocycles. The molecule has 4 nitrogen and oxygen atoms in total. The maximum atomic E-state index is 13.6. The van der Waals surface area contributed by atoms with E-state index in [2.05, 4.69) is 0 Å². The van der Waals surface area contributed by atoms with Gasteiger partial charge < -0.3 is 4.90 Å². The summed E-state index contributed by atoms with van der Waals surface area (Å²) in [5.74, 6) is -1.27. The van der Waals surface area contributed by atoms with Gasteiger partial charge in [0.1, 0.15) is 11.6 Å². The molecule has 1 amide bonds. The van der Waals surface area contributed by atoms with Crippen molar-refractivity contribution in [2.24, 2.45) is 0 Å². The monoisotopic (exact) mass is 389 g/mol. The molecule has 144 valence electrons. The number of nitrogens with zero attached hydrogens (tertiary/aromatic N) is 1. The number of hydrogen-bond acceptors (Lipinski definition) is 3. The van der Waals surface area contributed by atoms with Gasteiger partial charge in [-0.3, -0.25) is 4.79 Å². The first kappa shape index (κ1) is 19.5. The number of halogens is 1. The minimum absolute atomic E-state index is 0.0171. The summed E-state index contributed by atoms with van der Waals surface area (Å²) >= 11 is 0. The number of amides is 1. The molecular formula is C21H24FNO3S. The largest absolute Gasteiger partial charge is 0.311 e. The Morgan fingerprint density at radius 2 is 1.93 bits per heavy atom. The van der Waals surface area contributed by atoms with E-state index in [1.54, 1.807) is 6.92 Å². The molecule has 0 radical (unpaired) electrons. The van der Waals surface area contributed by atoms with Gasteiger partial charge in [0.25, 0.3) is 0 Å². The molecule has 0 saturated carbocycles. The molecule has 0 spiro atoms. The van der Waals surface area contributed by atoms with Crippen LogP contribution in [0.1, 0.15) is 29.5 Å². The second-order valence-electron chi connectivity index (χ2n) is 7.06. The number of benzene rings is 2. The Hall–Kier alpha value is -2.21. The third-order valence-electron chi connectivity index (χ3n) is 4.85. The van der Waals surface area contributed by atoms with Gasteiger partial charge in [-0.1, -0.05) is 30.3 Å². The highest BCUT2D eigenvalue weighted by Crippen LogP contribution is 2.31. The highest BCUT2D eigenvalue weighted by molar-refractivity contribution is 7.92. The molecule has 0 atom stereocenters. The van der Waals surface area contributed by atoms with Gasteiger partial charge in [-0.2, -0.15) is 0 Å². The van der Waals surface area contributed by atoms with Crippen molar-refractivity contribution in [2.75, 3.05) is 23.0 Å². The Balaban J connectivity index is 1.65. The first-order valence-corrected chi connectivity index (χ1v) is 11.0. The summed E-state index contributed by atoms with van der Waals surface area (Å²) in [6, 6.07) is 12.5. The van der Waals surface area contributed by atoms with E-state index in [9.17, 15) is 17.6 Å². The lowest BCUT2D eigenvalue weighted by Gasteiger charge is -2.31. The molecule has 6 heteroatoms. The fourth-order valence-corrected chi connectivity index (χ4v) is 4.91. The van der Waals surface area contributed by atoms with Crippen LogP contribution in [0.5, 0.6) is 0 Å². The van der Waals surface area contributed by atoms with Crippen LogP contribution in [0.15, 0.2) is 42.5 Å². The highest BCUT2D eigenvalue weighted by Gasteiger charge is 2.28. The molecular weight excluding hydrogens is 365 g/mol. The van der Waals surface area contributed by atoms with Crippen LogP contribution >= 0.6 is 0 Å². The van der Waals surface area contributed by atoms with Crippen LogP contribution in [-0.4, -0.2) is 32.4 Å². The number of aryl methyl sites for hydroxylation is 3. The van der Waals surface area contributed by atoms with E-state index < -0.39 is 21.5 Å². The maximum absolute atomic E-state index is 13.6. The minimum atomic E-state index is -3.49. The number of fused-ring (bicyclic) bond motifs is 1. The lowest BCUT2D eigenvalue weighted by Crippen LogP contribution is -2.40. The number of rotatable bonds is 6. The zero-order chi connectivity index (χ0) is 19.4. The minimum Gasteiger partial charge on any atom is -0.311 e. The van der Waals surface area contributed by atoms with Crippen LogP contribution < -0.4 is 4.90 Å². The molecule has 2 aromatic rings. The second kappa shape index (κ2) is 8.21.